The van der Waals surface area contributed by atoms with E-state index in [9.17, 15) is 4.79 Å². The van der Waals surface area contributed by atoms with Crippen molar-refractivity contribution in [2.24, 2.45) is 0 Å². The fourth-order valence-corrected chi connectivity index (χ4v) is 2.08. The third kappa shape index (κ3) is 5.45. The van der Waals surface area contributed by atoms with Crippen molar-refractivity contribution in [2.75, 3.05) is 0 Å². The van der Waals surface area contributed by atoms with Crippen LogP contribution in [0.4, 0.5) is 0 Å². The first kappa shape index (κ1) is 19.7. The van der Waals surface area contributed by atoms with Crippen LogP contribution in [0.1, 0.15) is 33.4 Å². The number of hydrogen-bond donors (Lipinski definition) is 0. The molecule has 0 aliphatic rings. The van der Waals surface area contributed by atoms with Crippen LogP contribution in [0.2, 0.25) is 0 Å². The maximum Gasteiger partial charge on any atom is 0.250 e. The molecule has 0 unspecified atom stereocenters. The van der Waals surface area contributed by atoms with Crippen LogP contribution in [0.5, 0.6) is 0 Å². The lowest BCUT2D eigenvalue weighted by molar-refractivity contribution is 0.112. The molecule has 0 bridgehead atoms. The van der Waals surface area contributed by atoms with E-state index >= 15 is 0 Å². The van der Waals surface area contributed by atoms with Crippen LogP contribution in [0.25, 0.3) is 12.2 Å². The molecule has 0 radical (unpaired) electrons. The molecule has 0 saturated heterocycles. The lowest BCUT2D eigenvalue weighted by Gasteiger charge is -2.14. The second kappa shape index (κ2) is 7.73. The van der Waals surface area contributed by atoms with Gasteiger partial charge in [0.2, 0.25) is 7.59 Å². The van der Waals surface area contributed by atoms with Gasteiger partial charge in [-0.3, -0.25) is 4.79 Å². The Morgan fingerprint density at radius 3 is 1.58 bits per heavy atom. The van der Waals surface area contributed by atoms with Gasteiger partial charge in [0.05, 0.1) is 0 Å². The largest absolute Gasteiger partial charge is 0.298 e. The summed E-state index contributed by atoms with van der Waals surface area (Å²) in [7, 11) is 0. The SMILES string of the molecule is O=Cc1ccc(/C=C/c2nc(C(Cl)(Cl)Cl)nc(C(Cl)(Cl)Cl)n2)cc1. The molecule has 0 fully saturated rings. The smallest absolute Gasteiger partial charge is 0.250 e. The Morgan fingerprint density at radius 1 is 0.708 bits per heavy atom. The number of halogens is 6. The van der Waals surface area contributed by atoms with Crippen LogP contribution in [-0.4, -0.2) is 21.2 Å². The molecule has 1 aromatic heterocycles. The Morgan fingerprint density at radius 2 is 1.17 bits per heavy atom. The second-order valence-corrected chi connectivity index (χ2v) is 9.02. The second-order valence-electron chi connectivity index (χ2n) is 4.45. The number of hydrogen-bond acceptors (Lipinski definition) is 4. The maximum atomic E-state index is 10.6. The summed E-state index contributed by atoms with van der Waals surface area (Å²) < 4.78 is -3.80. The molecule has 126 valence electrons. The van der Waals surface area contributed by atoms with Crippen molar-refractivity contribution >= 4 is 88.0 Å². The molecule has 10 heteroatoms. The molecule has 1 heterocycles. The van der Waals surface area contributed by atoms with Gasteiger partial charge in [0, 0.05) is 5.56 Å². The van der Waals surface area contributed by atoms with Gasteiger partial charge >= 0.3 is 0 Å². The Bertz CT molecular complexity index is 733. The summed E-state index contributed by atoms with van der Waals surface area (Å²) >= 11 is 34.8. The van der Waals surface area contributed by atoms with E-state index in [-0.39, 0.29) is 17.5 Å². The van der Waals surface area contributed by atoms with E-state index in [1.807, 2.05) is 0 Å². The number of rotatable bonds is 3. The Kier molecular flexibility index (Phi) is 6.35. The Labute approximate surface area is 167 Å². The minimum absolute atomic E-state index is 0.145. The molecular formula is C14H7Cl6N3O. The summed E-state index contributed by atoms with van der Waals surface area (Å²) in [6.07, 6.45) is 3.98. The van der Waals surface area contributed by atoms with Gasteiger partial charge in [-0.15, -0.1) is 0 Å². The van der Waals surface area contributed by atoms with Gasteiger partial charge in [-0.05, 0) is 11.6 Å². The predicted octanol–water partition coefficient (Wildman–Crippen LogP) is 5.51. The molecule has 2 rings (SSSR count). The fraction of sp³-hybridized carbons (Fsp3) is 0.143. The quantitative estimate of drug-likeness (QED) is 0.462. The number of benzene rings is 1. The number of carbonyl (C=O) groups is 1. The molecule has 0 spiro atoms. The highest BCUT2D eigenvalue weighted by Crippen LogP contribution is 2.39. The molecule has 2 aromatic rings. The van der Waals surface area contributed by atoms with Crippen LogP contribution in [0.15, 0.2) is 24.3 Å². The average Bonchev–Trinajstić information content (AvgIpc) is 2.51. The minimum Gasteiger partial charge on any atom is -0.298 e. The van der Waals surface area contributed by atoms with E-state index in [0.717, 1.165) is 11.8 Å². The highest BCUT2D eigenvalue weighted by atomic mass is 35.6. The number of aromatic nitrogens is 3. The molecular weight excluding hydrogens is 439 g/mol. The number of aldehydes is 1. The van der Waals surface area contributed by atoms with Crippen LogP contribution >= 0.6 is 69.6 Å². The minimum atomic E-state index is -1.90. The zero-order chi connectivity index (χ0) is 18.0. The van der Waals surface area contributed by atoms with Gasteiger partial charge in [-0.25, -0.2) is 15.0 Å². The zero-order valence-electron chi connectivity index (χ0n) is 11.6. The number of nitrogens with zero attached hydrogens (tertiary/aromatic N) is 3. The highest BCUT2D eigenvalue weighted by Gasteiger charge is 2.33. The van der Waals surface area contributed by atoms with Gasteiger partial charge in [0.25, 0.3) is 0 Å². The van der Waals surface area contributed by atoms with E-state index < -0.39 is 7.59 Å². The van der Waals surface area contributed by atoms with Gasteiger partial charge in [-0.2, -0.15) is 0 Å². The van der Waals surface area contributed by atoms with Crippen molar-refractivity contribution < 1.29 is 4.79 Å². The van der Waals surface area contributed by atoms with E-state index in [1.54, 1.807) is 30.3 Å². The standard InChI is InChI=1S/C14H7Cl6N3O/c15-13(16,17)11-21-10(22-12(23-11)14(18,19)20)6-5-8-1-3-9(7-24)4-2-8/h1-7H/b6-5+. The Balaban J connectivity index is 2.41. The normalized spacial score (nSPS) is 12.6. The van der Waals surface area contributed by atoms with E-state index in [0.29, 0.717) is 5.56 Å². The third-order valence-corrected chi connectivity index (χ3v) is 3.67. The number of alkyl halides is 6. The highest BCUT2D eigenvalue weighted by molar-refractivity contribution is 6.67. The molecule has 4 nitrogen and oxygen atoms in total. The molecule has 0 amide bonds. The van der Waals surface area contributed by atoms with Crippen LogP contribution in [-0.2, 0) is 7.59 Å². The summed E-state index contributed by atoms with van der Waals surface area (Å²) in [5.41, 5.74) is 1.36. The Hall–Kier alpha value is -0.620. The lowest BCUT2D eigenvalue weighted by atomic mass is 10.1. The van der Waals surface area contributed by atoms with Crippen molar-refractivity contribution in [1.82, 2.24) is 15.0 Å². The molecule has 24 heavy (non-hydrogen) atoms. The monoisotopic (exact) mass is 443 g/mol. The summed E-state index contributed by atoms with van der Waals surface area (Å²) in [5, 5.41) is 0. The van der Waals surface area contributed by atoms with E-state index in [2.05, 4.69) is 15.0 Å². The van der Waals surface area contributed by atoms with Crippen LogP contribution in [0.3, 0.4) is 0 Å². The average molecular weight is 446 g/mol. The maximum absolute atomic E-state index is 10.6. The first-order valence-electron chi connectivity index (χ1n) is 6.23. The van der Waals surface area contributed by atoms with Crippen molar-refractivity contribution in [3.05, 3.63) is 52.9 Å². The van der Waals surface area contributed by atoms with Gasteiger partial charge in [-0.1, -0.05) is 99.9 Å². The topological polar surface area (TPSA) is 55.7 Å². The molecule has 0 aliphatic heterocycles. The van der Waals surface area contributed by atoms with Crippen molar-refractivity contribution in [1.29, 1.82) is 0 Å². The van der Waals surface area contributed by atoms with Crippen LogP contribution < -0.4 is 0 Å². The van der Waals surface area contributed by atoms with Gasteiger partial charge in [0.1, 0.15) is 6.29 Å². The molecule has 1 aromatic carbocycles. The zero-order valence-corrected chi connectivity index (χ0v) is 16.1. The van der Waals surface area contributed by atoms with Gasteiger partial charge < -0.3 is 0 Å². The summed E-state index contributed by atoms with van der Waals surface area (Å²) in [5.74, 6) is -0.188. The molecule has 0 aliphatic carbocycles. The third-order valence-electron chi connectivity index (χ3n) is 2.66. The number of carbonyl (C=O) groups excluding carboxylic acids is 1. The first-order valence-corrected chi connectivity index (χ1v) is 8.50. The predicted molar refractivity (Wildman–Crippen MR) is 99.1 cm³/mol. The summed E-state index contributed by atoms with van der Waals surface area (Å²) in [4.78, 5) is 22.6. The van der Waals surface area contributed by atoms with Crippen molar-refractivity contribution in [3.63, 3.8) is 0 Å². The fourth-order valence-electron chi connectivity index (χ4n) is 1.58. The first-order chi connectivity index (χ1) is 11.1. The lowest BCUT2D eigenvalue weighted by Crippen LogP contribution is -2.16. The molecule has 0 N–H and O–H groups in total. The summed E-state index contributed by atoms with van der Waals surface area (Å²) in [6, 6.07) is 6.82. The van der Waals surface area contributed by atoms with Crippen molar-refractivity contribution in [3.8, 4) is 0 Å². The van der Waals surface area contributed by atoms with Crippen LogP contribution in [0, 0.1) is 0 Å². The van der Waals surface area contributed by atoms with E-state index in [4.69, 9.17) is 69.6 Å². The molecule has 0 atom stereocenters. The van der Waals surface area contributed by atoms with Crippen molar-refractivity contribution in [2.45, 2.75) is 7.59 Å². The molecule has 0 saturated carbocycles. The van der Waals surface area contributed by atoms with Gasteiger partial charge in [0.15, 0.2) is 17.5 Å². The summed E-state index contributed by atoms with van der Waals surface area (Å²) in [6.45, 7) is 0. The van der Waals surface area contributed by atoms with E-state index in [1.165, 1.54) is 6.08 Å².